The molecule has 4 aliphatic heterocycles. The van der Waals surface area contributed by atoms with Gasteiger partial charge in [0, 0.05) is 112 Å². The zero-order chi connectivity index (χ0) is 88.9. The summed E-state index contributed by atoms with van der Waals surface area (Å²) in [6, 6.07) is 58.4. The average molecular weight is 1710 g/mol. The number of aromatic nitrogens is 1. The molecule has 22 nitrogen and oxygen atoms in total. The number of para-hydroxylation sites is 1. The number of phenols is 3. The van der Waals surface area contributed by atoms with Crippen LogP contribution in [0.5, 0.6) is 69.0 Å². The third kappa shape index (κ3) is 17.2. The molecule has 640 valence electrons. The first kappa shape index (κ1) is 85.5. The standard InChI is InChI=1S/C32H27FN2O5.C25H23FO5.C22H17FO5.C21H15FO5/c1-39-31-13-23-19(11-29(31)37)17-40-30-14-24(22-7-2-4-8-27(22)33)26(12-25(23)30)32(38)35-20(16-36)10-18-15-34-28-9-5-3-6-21(18)28;1-14(2)31-24-9-15-13-30-22-12-18(16-7-5-6-8-21(16)26)20(25(27)29-4)10-19(22)17(15)11-23(24)28-3;1-26-21-9-14-12(7-19(21)24)11-28-20-10-15(13-5-3-4-6-18(13)23)17(8-16(14)20)22(25)27-2;1-26-20-8-13-11(6-18(20)23)10-27-19-9-14(12-4-2-3-5-17(12)22)16(21(24)25)7-15(13)19/h2-9,11-15,20,34,36-37H,10,16-17H2,1H3,(H,35,38);5-12,14H,13H2,1-4H3;3-10,24H,11H2,1-2H3;2-9,23H,10H2,1H3,(H,24,25)/t20-;;;/m1.../s1. The van der Waals surface area contributed by atoms with Gasteiger partial charge in [-0.3, -0.25) is 4.79 Å². The van der Waals surface area contributed by atoms with E-state index < -0.39 is 53.1 Å². The maximum atomic E-state index is 15.0. The van der Waals surface area contributed by atoms with Gasteiger partial charge in [0.25, 0.3) is 5.91 Å². The first-order valence-electron chi connectivity index (χ1n) is 39.6. The molecule has 0 fully saturated rings. The fourth-order valence-electron chi connectivity index (χ4n) is 15.7. The number of aliphatic hydroxyl groups excluding tert-OH is 1. The second-order valence-corrected chi connectivity index (χ2v) is 29.7. The maximum absolute atomic E-state index is 15.0. The normalized spacial score (nSPS) is 12.2. The van der Waals surface area contributed by atoms with Crippen molar-refractivity contribution in [3.05, 3.63) is 298 Å². The van der Waals surface area contributed by atoms with Gasteiger partial charge in [-0.25, -0.2) is 31.9 Å². The summed E-state index contributed by atoms with van der Waals surface area (Å²) in [6.07, 6.45) is 2.26. The number of H-pyrrole nitrogens is 1. The van der Waals surface area contributed by atoms with Gasteiger partial charge in [-0.15, -0.1) is 0 Å². The number of phenolic OH excluding ortho intramolecular Hbond substituents is 3. The Bertz CT molecular complexity index is 6620. The Kier molecular flexibility index (Phi) is 24.9. The van der Waals surface area contributed by atoms with E-state index in [9.17, 15) is 57.9 Å². The zero-order valence-corrected chi connectivity index (χ0v) is 69.1. The van der Waals surface area contributed by atoms with Crippen molar-refractivity contribution in [2.24, 2.45) is 0 Å². The Morgan fingerprint density at radius 1 is 0.389 bits per heavy atom. The monoisotopic (exact) mass is 1710 g/mol. The van der Waals surface area contributed by atoms with E-state index in [2.05, 4.69) is 10.3 Å². The predicted octanol–water partition coefficient (Wildman–Crippen LogP) is 20.2. The molecule has 14 aromatic rings. The quantitative estimate of drug-likeness (QED) is 0.0310. The van der Waals surface area contributed by atoms with Gasteiger partial charge in [0.15, 0.2) is 46.0 Å². The van der Waals surface area contributed by atoms with E-state index in [1.807, 2.05) is 56.4 Å². The van der Waals surface area contributed by atoms with Crippen molar-refractivity contribution in [1.82, 2.24) is 10.3 Å². The topological polar surface area (TPSA) is 299 Å². The van der Waals surface area contributed by atoms with Gasteiger partial charge in [0.1, 0.15) is 72.7 Å². The van der Waals surface area contributed by atoms with Crippen LogP contribution >= 0.6 is 0 Å². The van der Waals surface area contributed by atoms with Crippen molar-refractivity contribution >= 4 is 34.7 Å². The van der Waals surface area contributed by atoms with Crippen molar-refractivity contribution in [2.75, 3.05) is 49.3 Å². The molecule has 1 atom stereocenters. The molecule has 0 bridgehead atoms. The molecule has 126 heavy (non-hydrogen) atoms. The third-order valence-electron chi connectivity index (χ3n) is 21.8. The number of esters is 2. The number of hydrogen-bond donors (Lipinski definition) is 7. The lowest BCUT2D eigenvalue weighted by Gasteiger charge is -2.25. The Hall–Kier alpha value is -15.4. The zero-order valence-electron chi connectivity index (χ0n) is 69.1. The number of carbonyl (C=O) groups excluding carboxylic acids is 3. The van der Waals surface area contributed by atoms with Gasteiger partial charge in [-0.2, -0.15) is 0 Å². The van der Waals surface area contributed by atoms with Crippen molar-refractivity contribution < 1.29 is 114 Å². The summed E-state index contributed by atoms with van der Waals surface area (Å²) in [5, 5.41) is 54.1. The van der Waals surface area contributed by atoms with Crippen molar-refractivity contribution in [3.8, 4) is 158 Å². The first-order chi connectivity index (χ1) is 60.9. The number of aromatic hydroxyl groups is 3. The van der Waals surface area contributed by atoms with Gasteiger partial charge in [-0.05, 0) is 175 Å². The number of amides is 1. The highest BCUT2D eigenvalue weighted by molar-refractivity contribution is 6.05. The van der Waals surface area contributed by atoms with Crippen LogP contribution in [0.15, 0.2) is 225 Å². The van der Waals surface area contributed by atoms with Crippen LogP contribution in [0.2, 0.25) is 0 Å². The van der Waals surface area contributed by atoms with Gasteiger partial charge < -0.3 is 87.9 Å². The molecule has 18 rings (SSSR count). The van der Waals surface area contributed by atoms with E-state index in [1.165, 1.54) is 78.0 Å². The summed E-state index contributed by atoms with van der Waals surface area (Å²) in [5.41, 5.74) is 13.7. The number of fused-ring (bicyclic) bond motifs is 13. The molecule has 0 saturated carbocycles. The molecule has 1 aromatic heterocycles. The lowest BCUT2D eigenvalue weighted by Crippen LogP contribution is -2.39. The van der Waals surface area contributed by atoms with Crippen LogP contribution in [-0.2, 0) is 42.3 Å². The molecule has 1 amide bonds. The van der Waals surface area contributed by atoms with E-state index >= 15 is 4.39 Å². The maximum Gasteiger partial charge on any atom is 0.338 e. The first-order valence-corrected chi connectivity index (χ1v) is 39.6. The Morgan fingerprint density at radius 3 is 1.08 bits per heavy atom. The SMILES string of the molecule is COC(=O)c1cc2c(cc1-c1ccccc1F)OCc1cc(O)c(OC)cc1-2.COC(=O)c1cc2c(cc1-c1ccccc1F)OCc1cc(OC(C)C)c(OC)cc1-2.COc1cc2c(cc1O)COc1cc(-c3ccccc3F)c(C(=O)N[C@@H](CO)Cc3c[nH]c4ccccc34)cc1-2.COc1cc2c(cc1O)COc1cc(-c3ccccc3F)c(C(=O)O)cc1-2. The molecule has 13 aromatic carbocycles. The lowest BCUT2D eigenvalue weighted by atomic mass is 9.90. The summed E-state index contributed by atoms with van der Waals surface area (Å²) in [5.74, 6) is -0.614. The second kappa shape index (κ2) is 36.7. The molecule has 4 aliphatic rings. The molecule has 0 aliphatic carbocycles. The van der Waals surface area contributed by atoms with Gasteiger partial charge in [0.2, 0.25) is 0 Å². The molecule has 0 saturated heterocycles. The van der Waals surface area contributed by atoms with Crippen LogP contribution in [0.4, 0.5) is 17.6 Å². The number of methoxy groups -OCH3 is 6. The van der Waals surface area contributed by atoms with Crippen LogP contribution < -0.4 is 47.9 Å². The number of nitrogens with one attached hydrogen (secondary N) is 2. The van der Waals surface area contributed by atoms with Crippen LogP contribution in [0.1, 0.15) is 83.1 Å². The molecular formula is C100H82F4N2O20. The van der Waals surface area contributed by atoms with Gasteiger partial charge >= 0.3 is 17.9 Å². The number of aromatic amines is 1. The minimum atomic E-state index is -1.17. The Balaban J connectivity index is 0.000000131. The van der Waals surface area contributed by atoms with E-state index in [-0.39, 0.29) is 106 Å². The summed E-state index contributed by atoms with van der Waals surface area (Å²) in [4.78, 5) is 53.9. The average Bonchev–Trinajstić information content (AvgIpc) is 0.953. The number of halogens is 4. The van der Waals surface area contributed by atoms with Crippen molar-refractivity contribution in [1.29, 1.82) is 0 Å². The number of carboxylic acid groups (broad SMARTS) is 1. The third-order valence-corrected chi connectivity index (χ3v) is 21.8. The lowest BCUT2D eigenvalue weighted by molar-refractivity contribution is 0.0592. The fourth-order valence-corrected chi connectivity index (χ4v) is 15.7. The molecule has 26 heteroatoms. The van der Waals surface area contributed by atoms with E-state index in [4.69, 9.17) is 52.1 Å². The smallest absolute Gasteiger partial charge is 0.338 e. The minimum Gasteiger partial charge on any atom is -0.504 e. The van der Waals surface area contributed by atoms with Gasteiger partial charge in [-0.1, -0.05) is 91.0 Å². The highest BCUT2D eigenvalue weighted by Gasteiger charge is 2.33. The highest BCUT2D eigenvalue weighted by Crippen LogP contribution is 2.52. The number of aliphatic hydroxyl groups is 1. The summed E-state index contributed by atoms with van der Waals surface area (Å²) < 4.78 is 119. The van der Waals surface area contributed by atoms with Crippen LogP contribution in [-0.4, -0.2) is 116 Å². The van der Waals surface area contributed by atoms with E-state index in [0.29, 0.717) is 109 Å². The van der Waals surface area contributed by atoms with Crippen LogP contribution in [0.25, 0.3) is 99.9 Å². The number of carbonyl (C=O) groups is 4. The molecule has 0 radical (unpaired) electrons. The number of aromatic carboxylic acids is 1. The van der Waals surface area contributed by atoms with Gasteiger partial charge in [0.05, 0.1) is 78.1 Å². The number of ether oxygens (including phenoxy) is 11. The number of carboxylic acids is 1. The van der Waals surface area contributed by atoms with Crippen LogP contribution in [0, 0.1) is 23.3 Å². The fraction of sp³-hybridized carbons (Fsp3) is 0.160. The highest BCUT2D eigenvalue weighted by atomic mass is 19.1. The van der Waals surface area contributed by atoms with E-state index in [0.717, 1.165) is 49.8 Å². The molecule has 7 N–H and O–H groups in total. The van der Waals surface area contributed by atoms with Crippen molar-refractivity contribution in [2.45, 2.75) is 58.8 Å². The molecule has 0 spiro atoms. The summed E-state index contributed by atoms with van der Waals surface area (Å²) in [6.45, 7) is 4.54. The van der Waals surface area contributed by atoms with E-state index in [1.54, 1.807) is 147 Å². The Labute approximate surface area is 719 Å². The molecular weight excluding hydrogens is 1630 g/mol. The number of benzene rings is 13. The van der Waals surface area contributed by atoms with Crippen LogP contribution in [0.3, 0.4) is 0 Å². The Morgan fingerprint density at radius 2 is 0.722 bits per heavy atom. The molecule has 5 heterocycles. The minimum absolute atomic E-state index is 0.00414. The summed E-state index contributed by atoms with van der Waals surface area (Å²) >= 11 is 0. The predicted molar refractivity (Wildman–Crippen MR) is 463 cm³/mol. The second-order valence-electron chi connectivity index (χ2n) is 29.7. The summed E-state index contributed by atoms with van der Waals surface area (Å²) in [7, 11) is 8.52. The number of hydrogen-bond acceptors (Lipinski definition) is 19. The van der Waals surface area contributed by atoms with Crippen molar-refractivity contribution in [3.63, 3.8) is 0 Å². The molecule has 0 unspecified atom stereocenters. The largest absolute Gasteiger partial charge is 0.504 e. The number of rotatable bonds is 18.